The molecule has 120 valence electrons. The molecule has 0 spiro atoms. The molecule has 3 heteroatoms. The fraction of sp³-hybridized carbons (Fsp3) is 0.667. The van der Waals surface area contributed by atoms with Gasteiger partial charge in [0.25, 0.3) is 0 Å². The van der Waals surface area contributed by atoms with Crippen molar-refractivity contribution < 1.29 is 4.39 Å². The number of rotatable bonds is 9. The Hall–Kier alpha value is -1.09. The summed E-state index contributed by atoms with van der Waals surface area (Å²) in [6.45, 7) is 9.48. The van der Waals surface area contributed by atoms with Crippen LogP contribution >= 0.6 is 0 Å². The third kappa shape index (κ3) is 4.99. The minimum Gasteiger partial charge on any atom is -0.366 e. The van der Waals surface area contributed by atoms with Gasteiger partial charge in [-0.25, -0.2) is 4.39 Å². The largest absolute Gasteiger partial charge is 0.366 e. The van der Waals surface area contributed by atoms with Gasteiger partial charge in [-0.15, -0.1) is 0 Å². The lowest BCUT2D eigenvalue weighted by atomic mass is 10.0. The molecule has 0 saturated heterocycles. The van der Waals surface area contributed by atoms with Crippen molar-refractivity contribution in [2.45, 2.75) is 71.9 Å². The number of hydrogen-bond acceptors (Lipinski definition) is 2. The minimum atomic E-state index is -0.118. The van der Waals surface area contributed by atoms with Crippen molar-refractivity contribution in [1.29, 1.82) is 0 Å². The molecular formula is C18H31FN2. The highest BCUT2D eigenvalue weighted by Crippen LogP contribution is 2.28. The first-order valence-corrected chi connectivity index (χ1v) is 8.34. The number of halogens is 1. The molecule has 0 heterocycles. The number of para-hydroxylation sites is 1. The normalized spacial score (nSPS) is 14.0. The average molecular weight is 294 g/mol. The monoisotopic (exact) mass is 294 g/mol. The SMILES string of the molecule is CCCCN(c1c(F)cccc1CC(N)CC)C(C)CC. The maximum absolute atomic E-state index is 14.5. The van der Waals surface area contributed by atoms with Gasteiger partial charge in [0.1, 0.15) is 5.82 Å². The molecule has 0 radical (unpaired) electrons. The van der Waals surface area contributed by atoms with Crippen LogP contribution in [0.4, 0.5) is 10.1 Å². The van der Waals surface area contributed by atoms with Gasteiger partial charge >= 0.3 is 0 Å². The Bertz CT molecular complexity index is 420. The van der Waals surface area contributed by atoms with E-state index in [9.17, 15) is 4.39 Å². The van der Waals surface area contributed by atoms with Crippen LogP contribution in [-0.4, -0.2) is 18.6 Å². The molecule has 0 fully saturated rings. The van der Waals surface area contributed by atoms with E-state index >= 15 is 0 Å². The van der Waals surface area contributed by atoms with E-state index in [2.05, 4.69) is 32.6 Å². The van der Waals surface area contributed by atoms with Gasteiger partial charge in [0, 0.05) is 18.6 Å². The van der Waals surface area contributed by atoms with Crippen LogP contribution in [0.2, 0.25) is 0 Å². The summed E-state index contributed by atoms with van der Waals surface area (Å²) in [6, 6.07) is 5.82. The van der Waals surface area contributed by atoms with E-state index in [0.717, 1.165) is 49.9 Å². The molecule has 0 amide bonds. The molecule has 0 aromatic heterocycles. The molecule has 0 aliphatic carbocycles. The second kappa shape index (κ2) is 9.04. The third-order valence-corrected chi connectivity index (χ3v) is 4.24. The van der Waals surface area contributed by atoms with Crippen molar-refractivity contribution >= 4 is 5.69 Å². The summed E-state index contributed by atoms with van der Waals surface area (Å²) >= 11 is 0. The Morgan fingerprint density at radius 3 is 2.48 bits per heavy atom. The maximum atomic E-state index is 14.5. The maximum Gasteiger partial charge on any atom is 0.146 e. The van der Waals surface area contributed by atoms with E-state index in [4.69, 9.17) is 5.73 Å². The smallest absolute Gasteiger partial charge is 0.146 e. The fourth-order valence-electron chi connectivity index (χ4n) is 2.57. The summed E-state index contributed by atoms with van der Waals surface area (Å²) in [5.41, 5.74) is 7.90. The fourth-order valence-corrected chi connectivity index (χ4v) is 2.57. The van der Waals surface area contributed by atoms with Gasteiger partial charge in [0.2, 0.25) is 0 Å². The van der Waals surface area contributed by atoms with Gasteiger partial charge in [-0.1, -0.05) is 39.3 Å². The average Bonchev–Trinajstić information content (AvgIpc) is 2.49. The second-order valence-corrected chi connectivity index (χ2v) is 5.92. The summed E-state index contributed by atoms with van der Waals surface area (Å²) in [5, 5.41) is 0. The van der Waals surface area contributed by atoms with Crippen molar-refractivity contribution in [3.05, 3.63) is 29.6 Å². The van der Waals surface area contributed by atoms with Gasteiger partial charge in [0.05, 0.1) is 5.69 Å². The lowest BCUT2D eigenvalue weighted by Crippen LogP contribution is -2.35. The number of hydrogen-bond donors (Lipinski definition) is 1. The molecule has 0 aliphatic rings. The number of unbranched alkanes of at least 4 members (excludes halogenated alkanes) is 1. The quantitative estimate of drug-likeness (QED) is 0.726. The zero-order valence-electron chi connectivity index (χ0n) is 14.0. The Kier molecular flexibility index (Phi) is 7.73. The summed E-state index contributed by atoms with van der Waals surface area (Å²) in [5.74, 6) is -0.118. The predicted octanol–water partition coefficient (Wildman–Crippen LogP) is 4.51. The van der Waals surface area contributed by atoms with Crippen molar-refractivity contribution in [2.24, 2.45) is 5.73 Å². The molecule has 2 atom stereocenters. The van der Waals surface area contributed by atoms with Gasteiger partial charge in [0.15, 0.2) is 0 Å². The lowest BCUT2D eigenvalue weighted by molar-refractivity contribution is 0.557. The van der Waals surface area contributed by atoms with E-state index < -0.39 is 0 Å². The molecular weight excluding hydrogens is 263 g/mol. The van der Waals surface area contributed by atoms with Gasteiger partial charge in [-0.05, 0) is 44.2 Å². The summed E-state index contributed by atoms with van der Waals surface area (Å²) in [4.78, 5) is 2.23. The van der Waals surface area contributed by atoms with Crippen LogP contribution in [0.3, 0.4) is 0 Å². The van der Waals surface area contributed by atoms with E-state index in [0.29, 0.717) is 6.04 Å². The number of anilines is 1. The van der Waals surface area contributed by atoms with E-state index in [1.165, 1.54) is 0 Å². The van der Waals surface area contributed by atoms with Gasteiger partial charge in [-0.2, -0.15) is 0 Å². The van der Waals surface area contributed by atoms with Crippen molar-refractivity contribution in [2.75, 3.05) is 11.4 Å². The van der Waals surface area contributed by atoms with Crippen LogP contribution in [0.1, 0.15) is 58.9 Å². The van der Waals surface area contributed by atoms with E-state index in [1.54, 1.807) is 12.1 Å². The highest BCUT2D eigenvalue weighted by molar-refractivity contribution is 5.56. The van der Waals surface area contributed by atoms with Crippen molar-refractivity contribution in [3.63, 3.8) is 0 Å². The van der Waals surface area contributed by atoms with Crippen molar-refractivity contribution in [3.8, 4) is 0 Å². The third-order valence-electron chi connectivity index (χ3n) is 4.24. The first-order chi connectivity index (χ1) is 10.0. The molecule has 1 aromatic carbocycles. The molecule has 2 unspecified atom stereocenters. The second-order valence-electron chi connectivity index (χ2n) is 5.92. The molecule has 0 aliphatic heterocycles. The van der Waals surface area contributed by atoms with E-state index in [1.807, 2.05) is 6.07 Å². The highest BCUT2D eigenvalue weighted by Gasteiger charge is 2.20. The first-order valence-electron chi connectivity index (χ1n) is 8.34. The highest BCUT2D eigenvalue weighted by atomic mass is 19.1. The summed E-state index contributed by atoms with van der Waals surface area (Å²) in [6.07, 6.45) is 4.86. The van der Waals surface area contributed by atoms with Crippen LogP contribution in [0.25, 0.3) is 0 Å². The van der Waals surface area contributed by atoms with E-state index in [-0.39, 0.29) is 11.9 Å². The van der Waals surface area contributed by atoms with Gasteiger partial charge < -0.3 is 10.6 Å². The molecule has 2 nitrogen and oxygen atoms in total. The standard InChI is InChI=1S/C18H31FN2/c1-5-8-12-21(14(4)6-2)18-15(13-16(20)7-3)10-9-11-17(18)19/h9-11,14,16H,5-8,12-13,20H2,1-4H3. The molecule has 1 rings (SSSR count). The van der Waals surface area contributed by atoms with Crippen LogP contribution in [-0.2, 0) is 6.42 Å². The topological polar surface area (TPSA) is 29.3 Å². The number of nitrogens with zero attached hydrogens (tertiary/aromatic N) is 1. The Morgan fingerprint density at radius 2 is 1.90 bits per heavy atom. The molecule has 0 saturated carbocycles. The van der Waals surface area contributed by atoms with Gasteiger partial charge in [-0.3, -0.25) is 0 Å². The first kappa shape index (κ1) is 18.0. The predicted molar refractivity (Wildman–Crippen MR) is 90.4 cm³/mol. The molecule has 0 bridgehead atoms. The molecule has 2 N–H and O–H groups in total. The van der Waals surface area contributed by atoms with Crippen LogP contribution in [0.5, 0.6) is 0 Å². The van der Waals surface area contributed by atoms with Crippen LogP contribution in [0.15, 0.2) is 18.2 Å². The van der Waals surface area contributed by atoms with Crippen LogP contribution in [0, 0.1) is 5.82 Å². The Morgan fingerprint density at radius 1 is 1.19 bits per heavy atom. The van der Waals surface area contributed by atoms with Crippen LogP contribution < -0.4 is 10.6 Å². The molecule has 21 heavy (non-hydrogen) atoms. The summed E-state index contributed by atoms with van der Waals surface area (Å²) < 4.78 is 14.5. The van der Waals surface area contributed by atoms with Crippen molar-refractivity contribution in [1.82, 2.24) is 0 Å². The lowest BCUT2D eigenvalue weighted by Gasteiger charge is -2.33. The number of benzene rings is 1. The molecule has 1 aromatic rings. The summed E-state index contributed by atoms with van der Waals surface area (Å²) in [7, 11) is 0. The Balaban J connectivity index is 3.15. The number of nitrogens with two attached hydrogens (primary N) is 1. The zero-order chi connectivity index (χ0) is 15.8. The zero-order valence-corrected chi connectivity index (χ0v) is 14.0. The minimum absolute atomic E-state index is 0.0931. The Labute approximate surface area is 129 Å².